The Balaban J connectivity index is 1.91. The van der Waals surface area contributed by atoms with E-state index in [1.807, 2.05) is 7.05 Å². The molecule has 2 unspecified atom stereocenters. The molecule has 1 aliphatic heterocycles. The van der Waals surface area contributed by atoms with Crippen molar-refractivity contribution in [2.75, 3.05) is 26.0 Å². The van der Waals surface area contributed by atoms with Crippen LogP contribution in [-0.4, -0.2) is 31.6 Å². The van der Waals surface area contributed by atoms with Gasteiger partial charge >= 0.3 is 0 Å². The quantitative estimate of drug-likeness (QED) is 0.876. The van der Waals surface area contributed by atoms with Crippen LogP contribution in [0.4, 0.5) is 5.69 Å². The summed E-state index contributed by atoms with van der Waals surface area (Å²) in [6.45, 7) is 3.63. The first-order chi connectivity index (χ1) is 8.70. The summed E-state index contributed by atoms with van der Waals surface area (Å²) in [5.41, 5.74) is 2.73. The van der Waals surface area contributed by atoms with Crippen molar-refractivity contribution < 1.29 is 0 Å². The van der Waals surface area contributed by atoms with E-state index in [9.17, 15) is 0 Å². The largest absolute Gasteiger partial charge is 0.388 e. The van der Waals surface area contributed by atoms with Gasteiger partial charge in [-0.2, -0.15) is 0 Å². The van der Waals surface area contributed by atoms with Gasteiger partial charge in [0.2, 0.25) is 0 Å². The van der Waals surface area contributed by atoms with E-state index < -0.39 is 0 Å². The third kappa shape index (κ3) is 3.26. The molecular formula is C16H26N2. The topological polar surface area (TPSA) is 15.3 Å². The summed E-state index contributed by atoms with van der Waals surface area (Å²) in [5, 5.41) is 3.29. The van der Waals surface area contributed by atoms with E-state index in [0.717, 1.165) is 12.0 Å². The Bertz CT molecular complexity index is 375. The number of anilines is 1. The molecule has 0 aliphatic carbocycles. The standard InChI is InChI=1S/C16H26N2/c1-13-8-10-15(18(3)12-13)11-9-14-6-4-5-7-16(14)17-2/h4-7,13,15,17H,8-12H2,1-3H3. The smallest absolute Gasteiger partial charge is 0.0370 e. The predicted molar refractivity (Wildman–Crippen MR) is 79.1 cm³/mol. The highest BCUT2D eigenvalue weighted by Gasteiger charge is 2.22. The van der Waals surface area contributed by atoms with Crippen molar-refractivity contribution in [3.05, 3.63) is 29.8 Å². The van der Waals surface area contributed by atoms with Crippen LogP contribution in [0, 0.1) is 5.92 Å². The summed E-state index contributed by atoms with van der Waals surface area (Å²) in [6, 6.07) is 9.43. The number of aryl methyl sites for hydroxylation is 1. The maximum absolute atomic E-state index is 3.29. The van der Waals surface area contributed by atoms with E-state index in [-0.39, 0.29) is 0 Å². The Morgan fingerprint density at radius 2 is 2.06 bits per heavy atom. The Kier molecular flexibility index (Phi) is 4.65. The molecule has 2 nitrogen and oxygen atoms in total. The maximum Gasteiger partial charge on any atom is 0.0370 e. The monoisotopic (exact) mass is 246 g/mol. The average Bonchev–Trinajstić information content (AvgIpc) is 2.38. The van der Waals surface area contributed by atoms with Crippen LogP contribution in [0.1, 0.15) is 31.7 Å². The summed E-state index contributed by atoms with van der Waals surface area (Å²) in [5.74, 6) is 0.871. The minimum absolute atomic E-state index is 0.770. The molecule has 0 saturated carbocycles. The molecule has 1 N–H and O–H groups in total. The van der Waals surface area contributed by atoms with Crippen molar-refractivity contribution in [1.82, 2.24) is 4.90 Å². The third-order valence-corrected chi connectivity index (χ3v) is 4.25. The molecule has 1 fully saturated rings. The second-order valence-corrected chi connectivity index (χ2v) is 5.72. The molecule has 0 bridgehead atoms. The zero-order valence-corrected chi connectivity index (χ0v) is 11.9. The Hall–Kier alpha value is -1.02. The van der Waals surface area contributed by atoms with E-state index in [1.165, 1.54) is 43.5 Å². The molecule has 2 heteroatoms. The van der Waals surface area contributed by atoms with Crippen LogP contribution >= 0.6 is 0 Å². The van der Waals surface area contributed by atoms with Crippen molar-refractivity contribution >= 4 is 5.69 Å². The molecule has 0 aromatic heterocycles. The van der Waals surface area contributed by atoms with Crippen LogP contribution in [0.25, 0.3) is 0 Å². The second-order valence-electron chi connectivity index (χ2n) is 5.72. The summed E-state index contributed by atoms with van der Waals surface area (Å²) in [7, 11) is 4.29. The summed E-state index contributed by atoms with van der Waals surface area (Å²) in [4.78, 5) is 2.55. The summed E-state index contributed by atoms with van der Waals surface area (Å²) < 4.78 is 0. The molecule has 1 heterocycles. The molecule has 2 atom stereocenters. The van der Waals surface area contributed by atoms with Crippen molar-refractivity contribution in [3.63, 3.8) is 0 Å². The van der Waals surface area contributed by atoms with Crippen molar-refractivity contribution in [2.45, 2.75) is 38.6 Å². The van der Waals surface area contributed by atoms with Gasteiger partial charge in [0, 0.05) is 25.3 Å². The molecule has 0 radical (unpaired) electrons. The van der Waals surface area contributed by atoms with Crippen molar-refractivity contribution in [2.24, 2.45) is 5.92 Å². The van der Waals surface area contributed by atoms with Crippen LogP contribution in [0.2, 0.25) is 0 Å². The van der Waals surface area contributed by atoms with Gasteiger partial charge < -0.3 is 10.2 Å². The zero-order valence-electron chi connectivity index (χ0n) is 11.9. The number of benzene rings is 1. The molecule has 100 valence electrons. The highest BCUT2D eigenvalue weighted by molar-refractivity contribution is 5.50. The van der Waals surface area contributed by atoms with Gasteiger partial charge in [-0.3, -0.25) is 0 Å². The van der Waals surface area contributed by atoms with Crippen LogP contribution in [0.3, 0.4) is 0 Å². The van der Waals surface area contributed by atoms with Crippen LogP contribution in [-0.2, 0) is 6.42 Å². The van der Waals surface area contributed by atoms with E-state index in [1.54, 1.807) is 0 Å². The third-order valence-electron chi connectivity index (χ3n) is 4.25. The minimum Gasteiger partial charge on any atom is -0.388 e. The number of hydrogen-bond acceptors (Lipinski definition) is 2. The number of para-hydroxylation sites is 1. The normalized spacial score (nSPS) is 25.1. The van der Waals surface area contributed by atoms with Gasteiger partial charge in [0.15, 0.2) is 0 Å². The van der Waals surface area contributed by atoms with Gasteiger partial charge in [0.05, 0.1) is 0 Å². The molecule has 1 aliphatic rings. The fourth-order valence-corrected chi connectivity index (χ4v) is 3.10. The first kappa shape index (κ1) is 13.4. The number of nitrogens with zero attached hydrogens (tertiary/aromatic N) is 1. The van der Waals surface area contributed by atoms with Gasteiger partial charge in [0.1, 0.15) is 0 Å². The molecule has 1 aromatic rings. The van der Waals surface area contributed by atoms with Gasteiger partial charge in [-0.25, -0.2) is 0 Å². The van der Waals surface area contributed by atoms with E-state index in [0.29, 0.717) is 0 Å². The lowest BCUT2D eigenvalue weighted by Gasteiger charge is -2.36. The Morgan fingerprint density at radius 1 is 1.28 bits per heavy atom. The van der Waals surface area contributed by atoms with E-state index in [4.69, 9.17) is 0 Å². The molecule has 0 amide bonds. The highest BCUT2D eigenvalue weighted by atomic mass is 15.1. The Labute approximate surface area is 111 Å². The maximum atomic E-state index is 3.29. The van der Waals surface area contributed by atoms with Gasteiger partial charge in [-0.15, -0.1) is 0 Å². The first-order valence-electron chi connectivity index (χ1n) is 7.16. The molecule has 1 saturated heterocycles. The summed E-state index contributed by atoms with van der Waals surface area (Å²) in [6.07, 6.45) is 5.21. The van der Waals surface area contributed by atoms with E-state index >= 15 is 0 Å². The van der Waals surface area contributed by atoms with Gasteiger partial charge in [0.25, 0.3) is 0 Å². The number of piperidine rings is 1. The summed E-state index contributed by atoms with van der Waals surface area (Å²) >= 11 is 0. The molecule has 2 rings (SSSR count). The average molecular weight is 246 g/mol. The lowest BCUT2D eigenvalue weighted by molar-refractivity contribution is 0.138. The van der Waals surface area contributed by atoms with Crippen molar-refractivity contribution in [3.8, 4) is 0 Å². The SMILES string of the molecule is CNc1ccccc1CCC1CCC(C)CN1C. The van der Waals surface area contributed by atoms with Crippen molar-refractivity contribution in [1.29, 1.82) is 0 Å². The lowest BCUT2D eigenvalue weighted by atomic mass is 9.91. The molecule has 18 heavy (non-hydrogen) atoms. The second kappa shape index (κ2) is 6.24. The van der Waals surface area contributed by atoms with Crippen LogP contribution in [0.15, 0.2) is 24.3 Å². The fraction of sp³-hybridized carbons (Fsp3) is 0.625. The van der Waals surface area contributed by atoms with E-state index in [2.05, 4.69) is 48.5 Å². The number of likely N-dealkylation sites (tertiary alicyclic amines) is 1. The molecule has 1 aromatic carbocycles. The minimum atomic E-state index is 0.770. The lowest BCUT2D eigenvalue weighted by Crippen LogP contribution is -2.40. The zero-order chi connectivity index (χ0) is 13.0. The number of nitrogens with one attached hydrogen (secondary N) is 1. The van der Waals surface area contributed by atoms with Crippen LogP contribution < -0.4 is 5.32 Å². The number of hydrogen-bond donors (Lipinski definition) is 1. The highest BCUT2D eigenvalue weighted by Crippen LogP contribution is 2.25. The number of rotatable bonds is 4. The molecular weight excluding hydrogens is 220 g/mol. The van der Waals surface area contributed by atoms with Crippen LogP contribution in [0.5, 0.6) is 0 Å². The Morgan fingerprint density at radius 3 is 2.78 bits per heavy atom. The molecule has 0 spiro atoms. The van der Waals surface area contributed by atoms with Gasteiger partial charge in [-0.1, -0.05) is 25.1 Å². The van der Waals surface area contributed by atoms with Gasteiger partial charge in [-0.05, 0) is 50.3 Å². The first-order valence-corrected chi connectivity index (χ1v) is 7.16. The fourth-order valence-electron chi connectivity index (χ4n) is 3.10. The predicted octanol–water partition coefficient (Wildman–Crippen LogP) is 3.39.